The lowest BCUT2D eigenvalue weighted by molar-refractivity contribution is 0.372. The SMILES string of the molecule is Cc1noc(CNS(=O)(=O)c2nnc(N)s2)n1. The standard InChI is InChI=1S/C6H8N6O3S2/c1-3-9-4(15-12-3)2-8-17(13,14)6-11-10-5(7)16-6/h8H,2H2,1H3,(H2,7,10). The van der Waals surface area contributed by atoms with E-state index in [0.29, 0.717) is 5.82 Å². The molecular weight excluding hydrogens is 268 g/mol. The summed E-state index contributed by atoms with van der Waals surface area (Å²) >= 11 is 0.773. The molecule has 0 spiro atoms. The fraction of sp³-hybridized carbons (Fsp3) is 0.333. The van der Waals surface area contributed by atoms with Crippen molar-refractivity contribution in [1.29, 1.82) is 0 Å². The second-order valence-corrected chi connectivity index (χ2v) is 5.92. The van der Waals surface area contributed by atoms with E-state index in [0.717, 1.165) is 11.3 Å². The first-order chi connectivity index (χ1) is 7.97. The lowest BCUT2D eigenvalue weighted by Gasteiger charge is -1.98. The Morgan fingerprint density at radius 2 is 2.24 bits per heavy atom. The van der Waals surface area contributed by atoms with Gasteiger partial charge in [0.2, 0.25) is 15.4 Å². The molecule has 0 saturated heterocycles. The van der Waals surface area contributed by atoms with E-state index in [9.17, 15) is 8.42 Å². The number of anilines is 1. The first-order valence-electron chi connectivity index (χ1n) is 4.35. The minimum atomic E-state index is -3.74. The summed E-state index contributed by atoms with van der Waals surface area (Å²) in [6, 6.07) is 0. The average Bonchev–Trinajstić information content (AvgIpc) is 2.85. The van der Waals surface area contributed by atoms with E-state index in [1.807, 2.05) is 0 Å². The summed E-state index contributed by atoms with van der Waals surface area (Å²) in [5.74, 6) is 0.600. The van der Waals surface area contributed by atoms with Gasteiger partial charge in [-0.05, 0) is 6.92 Å². The number of nitrogens with two attached hydrogens (primary N) is 1. The first-order valence-corrected chi connectivity index (χ1v) is 6.65. The number of nitrogen functional groups attached to an aromatic ring is 1. The van der Waals surface area contributed by atoms with Crippen LogP contribution in [0.25, 0.3) is 0 Å². The van der Waals surface area contributed by atoms with Gasteiger partial charge in [-0.2, -0.15) is 9.71 Å². The molecule has 0 radical (unpaired) electrons. The minimum Gasteiger partial charge on any atom is -0.374 e. The van der Waals surface area contributed by atoms with E-state index < -0.39 is 10.0 Å². The van der Waals surface area contributed by atoms with Gasteiger partial charge in [-0.3, -0.25) is 0 Å². The Labute approximate surface area is 100 Å². The molecule has 3 N–H and O–H groups in total. The van der Waals surface area contributed by atoms with Crippen molar-refractivity contribution in [2.75, 3.05) is 5.73 Å². The normalized spacial score (nSPS) is 11.8. The second kappa shape index (κ2) is 4.35. The summed E-state index contributed by atoms with van der Waals surface area (Å²) in [6.07, 6.45) is 0. The van der Waals surface area contributed by atoms with Crippen molar-refractivity contribution in [2.24, 2.45) is 0 Å². The lowest BCUT2D eigenvalue weighted by atomic mass is 10.6. The van der Waals surface area contributed by atoms with Gasteiger partial charge in [0.05, 0.1) is 6.54 Å². The Balaban J connectivity index is 2.08. The third-order valence-corrected chi connectivity index (χ3v) is 4.16. The molecule has 2 rings (SSSR count). The van der Waals surface area contributed by atoms with Crippen LogP contribution in [-0.4, -0.2) is 28.8 Å². The second-order valence-electron chi connectivity index (χ2n) is 2.97. The Morgan fingerprint density at radius 1 is 1.47 bits per heavy atom. The van der Waals surface area contributed by atoms with Gasteiger partial charge >= 0.3 is 0 Å². The zero-order valence-corrected chi connectivity index (χ0v) is 10.2. The zero-order chi connectivity index (χ0) is 12.5. The third kappa shape index (κ3) is 2.75. The maximum Gasteiger partial charge on any atom is 0.270 e. The number of rotatable bonds is 4. The molecule has 0 amide bonds. The monoisotopic (exact) mass is 276 g/mol. The van der Waals surface area contributed by atoms with Crippen LogP contribution in [0.2, 0.25) is 0 Å². The molecule has 0 aliphatic carbocycles. The van der Waals surface area contributed by atoms with Crippen molar-refractivity contribution >= 4 is 26.5 Å². The van der Waals surface area contributed by atoms with Crippen molar-refractivity contribution in [3.63, 3.8) is 0 Å². The van der Waals surface area contributed by atoms with Crippen LogP contribution in [0, 0.1) is 6.92 Å². The molecule has 0 atom stereocenters. The lowest BCUT2D eigenvalue weighted by Crippen LogP contribution is -2.23. The van der Waals surface area contributed by atoms with Crippen molar-refractivity contribution in [1.82, 2.24) is 25.1 Å². The summed E-state index contributed by atoms with van der Waals surface area (Å²) in [4.78, 5) is 3.85. The Hall–Kier alpha value is -1.59. The highest BCUT2D eigenvalue weighted by molar-refractivity contribution is 7.91. The molecule has 0 unspecified atom stereocenters. The highest BCUT2D eigenvalue weighted by Crippen LogP contribution is 2.16. The molecule has 92 valence electrons. The molecule has 2 aromatic heterocycles. The van der Waals surface area contributed by atoms with Crippen molar-refractivity contribution in [3.05, 3.63) is 11.7 Å². The summed E-state index contributed by atoms with van der Waals surface area (Å²) in [5, 5.41) is 10.5. The minimum absolute atomic E-state index is 0.0824. The molecule has 0 bridgehead atoms. The van der Waals surface area contributed by atoms with E-state index >= 15 is 0 Å². The largest absolute Gasteiger partial charge is 0.374 e. The Morgan fingerprint density at radius 3 is 2.76 bits per heavy atom. The van der Waals surface area contributed by atoms with Crippen molar-refractivity contribution in [3.8, 4) is 0 Å². The molecule has 0 aliphatic rings. The molecular formula is C6H8N6O3S2. The fourth-order valence-electron chi connectivity index (χ4n) is 0.959. The number of hydrogen-bond donors (Lipinski definition) is 2. The molecule has 0 fully saturated rings. The van der Waals surface area contributed by atoms with Crippen LogP contribution in [0.15, 0.2) is 8.86 Å². The van der Waals surface area contributed by atoms with Crippen LogP contribution in [-0.2, 0) is 16.6 Å². The van der Waals surface area contributed by atoms with Crippen LogP contribution in [0.1, 0.15) is 11.7 Å². The zero-order valence-electron chi connectivity index (χ0n) is 8.61. The number of hydrogen-bond acceptors (Lipinski definition) is 9. The maximum atomic E-state index is 11.7. The molecule has 2 aromatic rings. The molecule has 0 aliphatic heterocycles. The summed E-state index contributed by atoms with van der Waals surface area (Å²) in [5.41, 5.74) is 5.30. The van der Waals surface area contributed by atoms with Crippen LogP contribution >= 0.6 is 11.3 Å². The molecule has 0 saturated carbocycles. The van der Waals surface area contributed by atoms with E-state index in [-0.39, 0.29) is 21.9 Å². The van der Waals surface area contributed by atoms with Gasteiger partial charge in [0.25, 0.3) is 10.0 Å². The van der Waals surface area contributed by atoms with Crippen LogP contribution in [0.4, 0.5) is 5.13 Å². The number of nitrogens with zero attached hydrogens (tertiary/aromatic N) is 4. The van der Waals surface area contributed by atoms with Crippen molar-refractivity contribution < 1.29 is 12.9 Å². The highest BCUT2D eigenvalue weighted by atomic mass is 32.2. The van der Waals surface area contributed by atoms with E-state index in [2.05, 4.69) is 25.1 Å². The predicted molar refractivity (Wildman–Crippen MR) is 57.4 cm³/mol. The van der Waals surface area contributed by atoms with Gasteiger partial charge in [0.1, 0.15) is 0 Å². The quantitative estimate of drug-likeness (QED) is 0.747. The molecule has 0 aromatic carbocycles. The van der Waals surface area contributed by atoms with Gasteiger partial charge < -0.3 is 10.3 Å². The van der Waals surface area contributed by atoms with E-state index in [1.165, 1.54) is 0 Å². The molecule has 9 nitrogen and oxygen atoms in total. The van der Waals surface area contributed by atoms with Gasteiger partial charge in [-0.15, -0.1) is 10.2 Å². The molecule has 2 heterocycles. The van der Waals surface area contributed by atoms with Gasteiger partial charge in [0, 0.05) is 0 Å². The maximum absolute atomic E-state index is 11.7. The average molecular weight is 276 g/mol. The van der Waals surface area contributed by atoms with Crippen molar-refractivity contribution in [2.45, 2.75) is 17.8 Å². The topological polar surface area (TPSA) is 137 Å². The smallest absolute Gasteiger partial charge is 0.270 e. The number of aryl methyl sites for hydroxylation is 1. The fourth-order valence-corrected chi connectivity index (χ4v) is 2.76. The van der Waals surface area contributed by atoms with Crippen LogP contribution in [0.3, 0.4) is 0 Å². The summed E-state index contributed by atoms with van der Waals surface area (Å²) < 4.78 is 30.2. The Bertz CT molecular complexity index is 617. The van der Waals surface area contributed by atoms with Crippen LogP contribution < -0.4 is 10.5 Å². The van der Waals surface area contributed by atoms with Gasteiger partial charge in [-0.1, -0.05) is 16.5 Å². The molecule has 17 heavy (non-hydrogen) atoms. The van der Waals surface area contributed by atoms with Crippen LogP contribution in [0.5, 0.6) is 0 Å². The number of nitrogens with one attached hydrogen (secondary N) is 1. The number of sulfonamides is 1. The van der Waals surface area contributed by atoms with E-state index in [4.69, 9.17) is 10.3 Å². The van der Waals surface area contributed by atoms with Gasteiger partial charge in [-0.25, -0.2) is 8.42 Å². The Kier molecular flexibility index (Phi) is 3.04. The summed E-state index contributed by atoms with van der Waals surface area (Å²) in [7, 11) is -3.74. The first kappa shape index (κ1) is 11.9. The van der Waals surface area contributed by atoms with E-state index in [1.54, 1.807) is 6.92 Å². The predicted octanol–water partition coefficient (Wildman–Crippen LogP) is -0.710. The third-order valence-electron chi connectivity index (χ3n) is 1.64. The summed E-state index contributed by atoms with van der Waals surface area (Å²) in [6.45, 7) is 1.52. The molecule has 11 heteroatoms. The number of aromatic nitrogens is 4. The van der Waals surface area contributed by atoms with Gasteiger partial charge in [0.15, 0.2) is 5.82 Å². The highest BCUT2D eigenvalue weighted by Gasteiger charge is 2.20.